The Balaban J connectivity index is 2.15. The van der Waals surface area contributed by atoms with Gasteiger partial charge >= 0.3 is 5.97 Å². The van der Waals surface area contributed by atoms with Crippen LogP contribution in [0.15, 0.2) is 34.2 Å². The molecule has 132 valence electrons. The summed E-state index contributed by atoms with van der Waals surface area (Å²) < 4.78 is 8.20. The summed E-state index contributed by atoms with van der Waals surface area (Å²) in [7, 11) is 1.35. The largest absolute Gasteiger partial charge is 0.468 e. The predicted octanol–water partition coefficient (Wildman–Crippen LogP) is 2.50. The van der Waals surface area contributed by atoms with Gasteiger partial charge in [0.1, 0.15) is 0 Å². The van der Waals surface area contributed by atoms with E-state index < -0.39 is 0 Å². The van der Waals surface area contributed by atoms with Crippen molar-refractivity contribution in [2.24, 2.45) is 0 Å². The Morgan fingerprint density at radius 2 is 2.04 bits per heavy atom. The predicted molar refractivity (Wildman–Crippen MR) is 97.0 cm³/mol. The Hall–Kier alpha value is -2.35. The summed E-state index contributed by atoms with van der Waals surface area (Å²) in [5.74, 6) is 0.315. The van der Waals surface area contributed by atoms with Crippen LogP contribution in [-0.2, 0) is 16.1 Å². The van der Waals surface area contributed by atoms with E-state index >= 15 is 0 Å². The maximum Gasteiger partial charge on any atom is 0.316 e. The number of hydrogen-bond acceptors (Lipinski definition) is 6. The van der Waals surface area contributed by atoms with Crippen LogP contribution < -0.4 is 5.56 Å². The number of benzene rings is 1. The molecule has 0 aliphatic rings. The van der Waals surface area contributed by atoms with E-state index in [0.717, 1.165) is 24.8 Å². The molecule has 7 nitrogen and oxygen atoms in total. The molecule has 0 N–H and O–H groups in total. The van der Waals surface area contributed by atoms with Gasteiger partial charge in [0.05, 0.1) is 23.8 Å². The van der Waals surface area contributed by atoms with Gasteiger partial charge in [-0.15, -0.1) is 10.2 Å². The molecule has 0 bridgehead atoms. The van der Waals surface area contributed by atoms with Crippen molar-refractivity contribution in [1.82, 2.24) is 19.2 Å². The summed E-state index contributed by atoms with van der Waals surface area (Å²) >= 11 is 1.25. The highest BCUT2D eigenvalue weighted by Gasteiger charge is 2.17. The molecule has 0 fully saturated rings. The van der Waals surface area contributed by atoms with Crippen LogP contribution >= 0.6 is 11.8 Å². The average molecular weight is 360 g/mol. The Morgan fingerprint density at radius 3 is 2.80 bits per heavy atom. The number of ether oxygens (including phenoxy) is 1. The number of aryl methyl sites for hydroxylation is 1. The third-order valence-electron chi connectivity index (χ3n) is 4.01. The molecule has 0 saturated heterocycles. The number of hydrogen-bond donors (Lipinski definition) is 0. The van der Waals surface area contributed by atoms with Crippen LogP contribution in [-0.4, -0.2) is 38.0 Å². The van der Waals surface area contributed by atoms with Crippen molar-refractivity contribution in [3.05, 3.63) is 34.6 Å². The van der Waals surface area contributed by atoms with E-state index in [-0.39, 0.29) is 17.3 Å². The van der Waals surface area contributed by atoms with E-state index in [1.54, 1.807) is 4.57 Å². The van der Waals surface area contributed by atoms with Crippen LogP contribution in [0.25, 0.3) is 16.7 Å². The Labute approximate surface area is 149 Å². The number of thioether (sulfide) groups is 1. The van der Waals surface area contributed by atoms with Crippen LogP contribution in [0, 0.1) is 0 Å². The average Bonchev–Trinajstić information content (AvgIpc) is 3.06. The smallest absolute Gasteiger partial charge is 0.316 e. The van der Waals surface area contributed by atoms with E-state index in [4.69, 9.17) is 0 Å². The summed E-state index contributed by atoms with van der Waals surface area (Å²) in [6.45, 7) is 2.72. The molecule has 2 heterocycles. The number of nitrogens with zero attached hydrogens (tertiary/aromatic N) is 4. The molecular weight excluding hydrogens is 340 g/mol. The highest BCUT2D eigenvalue weighted by Crippen LogP contribution is 2.21. The molecule has 3 aromatic rings. The van der Waals surface area contributed by atoms with Crippen LogP contribution in [0.5, 0.6) is 0 Å². The van der Waals surface area contributed by atoms with Crippen molar-refractivity contribution in [1.29, 1.82) is 0 Å². The van der Waals surface area contributed by atoms with E-state index in [1.807, 2.05) is 28.7 Å². The lowest BCUT2D eigenvalue weighted by Gasteiger charge is -2.10. The van der Waals surface area contributed by atoms with Crippen LogP contribution in [0.3, 0.4) is 0 Å². The molecule has 1 aromatic carbocycles. The molecule has 0 spiro atoms. The number of para-hydroxylation sites is 1. The molecule has 0 saturated carbocycles. The lowest BCUT2D eigenvalue weighted by atomic mass is 10.2. The van der Waals surface area contributed by atoms with Crippen molar-refractivity contribution in [2.75, 3.05) is 12.9 Å². The van der Waals surface area contributed by atoms with E-state index in [1.165, 1.54) is 18.9 Å². The molecule has 8 heteroatoms. The van der Waals surface area contributed by atoms with Gasteiger partial charge < -0.3 is 4.74 Å². The number of methoxy groups -OCH3 is 1. The van der Waals surface area contributed by atoms with Crippen LogP contribution in [0.4, 0.5) is 0 Å². The zero-order chi connectivity index (χ0) is 17.8. The number of fused-ring (bicyclic) bond motifs is 3. The number of unbranched alkanes of at least 4 members (excludes halogenated alkanes) is 2. The summed E-state index contributed by atoms with van der Waals surface area (Å²) in [5, 5.41) is 9.59. The second-order valence-corrected chi connectivity index (χ2v) is 6.61. The topological polar surface area (TPSA) is 78.5 Å². The fourth-order valence-electron chi connectivity index (χ4n) is 2.73. The third kappa shape index (κ3) is 3.39. The first-order valence-electron chi connectivity index (χ1n) is 8.23. The van der Waals surface area contributed by atoms with E-state index in [9.17, 15) is 9.59 Å². The number of rotatable bonds is 7. The van der Waals surface area contributed by atoms with Gasteiger partial charge in [-0.05, 0) is 18.6 Å². The van der Waals surface area contributed by atoms with Gasteiger partial charge in [-0.3, -0.25) is 18.6 Å². The molecule has 0 unspecified atom stereocenters. The van der Waals surface area contributed by atoms with Crippen molar-refractivity contribution < 1.29 is 9.53 Å². The third-order valence-corrected chi connectivity index (χ3v) is 4.91. The first kappa shape index (κ1) is 17.5. The SMILES string of the molecule is CCCCCn1c(=O)c2ccccc2n2c(SCC(=O)OC)nnc12. The second-order valence-electron chi connectivity index (χ2n) is 5.66. The van der Waals surface area contributed by atoms with Crippen molar-refractivity contribution in [2.45, 2.75) is 37.9 Å². The zero-order valence-electron chi connectivity index (χ0n) is 14.3. The number of carbonyl (C=O) groups excluding carboxylic acids is 1. The Morgan fingerprint density at radius 1 is 1.24 bits per heavy atom. The maximum absolute atomic E-state index is 12.9. The minimum Gasteiger partial charge on any atom is -0.468 e. The number of carbonyl (C=O) groups is 1. The maximum atomic E-state index is 12.9. The van der Waals surface area contributed by atoms with Gasteiger partial charge in [0.15, 0.2) is 5.16 Å². The molecule has 25 heavy (non-hydrogen) atoms. The molecular formula is C17H20N4O3S. The fourth-order valence-corrected chi connectivity index (χ4v) is 3.50. The van der Waals surface area contributed by atoms with Crippen LogP contribution in [0.2, 0.25) is 0 Å². The summed E-state index contributed by atoms with van der Waals surface area (Å²) in [6, 6.07) is 7.39. The monoisotopic (exact) mass is 360 g/mol. The standard InChI is InChI=1S/C17H20N4O3S/c1-3-4-7-10-20-15(23)12-8-5-6-9-13(12)21-16(20)18-19-17(21)25-11-14(22)24-2/h5-6,8-9H,3-4,7,10-11H2,1-2H3. The summed E-state index contributed by atoms with van der Waals surface area (Å²) in [4.78, 5) is 24.3. The molecule has 3 rings (SSSR count). The minimum atomic E-state index is -0.331. The van der Waals surface area contributed by atoms with Gasteiger partial charge in [-0.25, -0.2) is 0 Å². The first-order valence-corrected chi connectivity index (χ1v) is 9.22. The zero-order valence-corrected chi connectivity index (χ0v) is 15.1. The van der Waals surface area contributed by atoms with Gasteiger partial charge in [0.25, 0.3) is 5.56 Å². The molecule has 2 aromatic heterocycles. The summed E-state index contributed by atoms with van der Waals surface area (Å²) in [6.07, 6.45) is 3.02. The molecule has 0 radical (unpaired) electrons. The van der Waals surface area contributed by atoms with Crippen molar-refractivity contribution in [3.8, 4) is 0 Å². The highest BCUT2D eigenvalue weighted by molar-refractivity contribution is 7.99. The van der Waals surface area contributed by atoms with Crippen LogP contribution in [0.1, 0.15) is 26.2 Å². The van der Waals surface area contributed by atoms with Gasteiger partial charge in [0, 0.05) is 6.54 Å². The number of aromatic nitrogens is 4. The lowest BCUT2D eigenvalue weighted by molar-refractivity contribution is -0.137. The lowest BCUT2D eigenvalue weighted by Crippen LogP contribution is -2.23. The molecule has 0 amide bonds. The quantitative estimate of drug-likeness (QED) is 0.366. The van der Waals surface area contributed by atoms with Gasteiger partial charge in [-0.1, -0.05) is 43.7 Å². The van der Waals surface area contributed by atoms with Gasteiger partial charge in [-0.2, -0.15) is 0 Å². The normalized spacial score (nSPS) is 11.3. The second kappa shape index (κ2) is 7.69. The Bertz CT molecular complexity index is 964. The van der Waals surface area contributed by atoms with Crippen molar-refractivity contribution in [3.63, 3.8) is 0 Å². The van der Waals surface area contributed by atoms with E-state index in [2.05, 4.69) is 21.9 Å². The Kier molecular flexibility index (Phi) is 5.37. The molecule has 0 atom stereocenters. The first-order chi connectivity index (χ1) is 12.2. The molecule has 0 aliphatic carbocycles. The fraction of sp³-hybridized carbons (Fsp3) is 0.412. The van der Waals surface area contributed by atoms with Gasteiger partial charge in [0.2, 0.25) is 5.78 Å². The van der Waals surface area contributed by atoms with E-state index in [0.29, 0.717) is 22.9 Å². The number of esters is 1. The minimum absolute atomic E-state index is 0.0591. The molecule has 0 aliphatic heterocycles. The van der Waals surface area contributed by atoms with Crippen molar-refractivity contribution >= 4 is 34.4 Å². The summed E-state index contributed by atoms with van der Waals surface area (Å²) in [5.41, 5.74) is 0.683. The highest BCUT2D eigenvalue weighted by atomic mass is 32.2.